The van der Waals surface area contributed by atoms with Crippen molar-refractivity contribution in [1.29, 1.82) is 0 Å². The molecule has 1 aromatic rings. The molecule has 0 radical (unpaired) electrons. The molecule has 94 valence electrons. The summed E-state index contributed by atoms with van der Waals surface area (Å²) in [5.41, 5.74) is 0. The predicted octanol–water partition coefficient (Wildman–Crippen LogP) is 1.56. The summed E-state index contributed by atoms with van der Waals surface area (Å²) in [4.78, 5) is 10.7. The Hall–Kier alpha value is -1.33. The Labute approximate surface area is 99.8 Å². The molecule has 0 bridgehead atoms. The van der Waals surface area contributed by atoms with E-state index < -0.39 is 12.1 Å². The van der Waals surface area contributed by atoms with Gasteiger partial charge >= 0.3 is 5.97 Å². The second-order valence-electron chi connectivity index (χ2n) is 4.31. The van der Waals surface area contributed by atoms with Crippen LogP contribution in [0.4, 0.5) is 0 Å². The molecular formula is C12H17NO4. The summed E-state index contributed by atoms with van der Waals surface area (Å²) in [6.45, 7) is 2.65. The fourth-order valence-corrected chi connectivity index (χ4v) is 1.98. The average Bonchev–Trinajstić information content (AvgIpc) is 2.97. The van der Waals surface area contributed by atoms with Gasteiger partial charge in [-0.3, -0.25) is 0 Å². The normalized spacial score (nSPS) is 25.9. The number of aliphatic carboxylic acids is 1. The molecule has 3 atom stereocenters. The van der Waals surface area contributed by atoms with Gasteiger partial charge in [0.15, 0.2) is 6.10 Å². The number of furan rings is 1. The summed E-state index contributed by atoms with van der Waals surface area (Å²) < 4.78 is 10.7. The van der Waals surface area contributed by atoms with Crippen LogP contribution in [0.25, 0.3) is 0 Å². The standard InChI is InChI=1S/C12H17NO4/c1-8(10-3-2-6-16-10)13-7-9-4-5-11(17-9)12(14)15/h2-3,6,8-9,11,13H,4-5,7H2,1H3,(H,14,15)/t8-,9?,11?/m1/s1. The monoisotopic (exact) mass is 239 g/mol. The molecule has 2 unspecified atom stereocenters. The van der Waals surface area contributed by atoms with Crippen molar-refractivity contribution in [2.24, 2.45) is 0 Å². The topological polar surface area (TPSA) is 71.7 Å². The van der Waals surface area contributed by atoms with Crippen molar-refractivity contribution in [3.8, 4) is 0 Å². The van der Waals surface area contributed by atoms with Gasteiger partial charge in [0.25, 0.3) is 0 Å². The summed E-state index contributed by atoms with van der Waals surface area (Å²) in [5, 5.41) is 12.1. The summed E-state index contributed by atoms with van der Waals surface area (Å²) in [6.07, 6.45) is 2.36. The second-order valence-corrected chi connectivity index (χ2v) is 4.31. The Morgan fingerprint density at radius 2 is 2.47 bits per heavy atom. The maximum absolute atomic E-state index is 10.7. The number of rotatable bonds is 5. The third-order valence-electron chi connectivity index (χ3n) is 3.00. The Bertz CT molecular complexity index is 363. The first-order valence-electron chi connectivity index (χ1n) is 5.82. The van der Waals surface area contributed by atoms with Crippen LogP contribution >= 0.6 is 0 Å². The van der Waals surface area contributed by atoms with E-state index in [1.54, 1.807) is 6.26 Å². The quantitative estimate of drug-likeness (QED) is 0.816. The molecule has 2 rings (SSSR count). The van der Waals surface area contributed by atoms with Gasteiger partial charge in [0, 0.05) is 6.54 Å². The summed E-state index contributed by atoms with van der Waals surface area (Å²) in [7, 11) is 0. The molecule has 0 aromatic carbocycles. The lowest BCUT2D eigenvalue weighted by molar-refractivity contribution is -0.149. The van der Waals surface area contributed by atoms with Crippen molar-refractivity contribution in [3.63, 3.8) is 0 Å². The highest BCUT2D eigenvalue weighted by atomic mass is 16.5. The number of hydrogen-bond acceptors (Lipinski definition) is 4. The highest BCUT2D eigenvalue weighted by molar-refractivity contribution is 5.72. The van der Waals surface area contributed by atoms with Crippen LogP contribution in [0.3, 0.4) is 0 Å². The molecule has 1 aliphatic rings. The van der Waals surface area contributed by atoms with Crippen molar-refractivity contribution < 1.29 is 19.1 Å². The van der Waals surface area contributed by atoms with Crippen molar-refractivity contribution >= 4 is 5.97 Å². The minimum absolute atomic E-state index is 0.0199. The highest BCUT2D eigenvalue weighted by Gasteiger charge is 2.30. The second kappa shape index (κ2) is 5.33. The van der Waals surface area contributed by atoms with E-state index >= 15 is 0 Å². The lowest BCUT2D eigenvalue weighted by Gasteiger charge is -2.15. The molecule has 0 saturated carbocycles. The molecule has 1 saturated heterocycles. The van der Waals surface area contributed by atoms with Crippen LogP contribution in [0.5, 0.6) is 0 Å². The van der Waals surface area contributed by atoms with Gasteiger partial charge in [-0.1, -0.05) is 0 Å². The van der Waals surface area contributed by atoms with Crippen molar-refractivity contribution in [1.82, 2.24) is 5.32 Å². The fraction of sp³-hybridized carbons (Fsp3) is 0.583. The van der Waals surface area contributed by atoms with E-state index in [2.05, 4.69) is 5.32 Å². The number of nitrogens with one attached hydrogen (secondary N) is 1. The molecule has 2 heterocycles. The Balaban J connectivity index is 1.74. The number of ether oxygens (including phenoxy) is 1. The molecule has 2 N–H and O–H groups in total. The van der Waals surface area contributed by atoms with E-state index in [0.29, 0.717) is 13.0 Å². The van der Waals surface area contributed by atoms with Crippen LogP contribution in [0, 0.1) is 0 Å². The zero-order valence-electron chi connectivity index (χ0n) is 9.76. The van der Waals surface area contributed by atoms with Crippen LogP contribution < -0.4 is 5.32 Å². The van der Waals surface area contributed by atoms with E-state index in [1.807, 2.05) is 19.1 Å². The fourth-order valence-electron chi connectivity index (χ4n) is 1.98. The molecular weight excluding hydrogens is 222 g/mol. The first kappa shape index (κ1) is 12.1. The van der Waals surface area contributed by atoms with Gasteiger partial charge in [-0.2, -0.15) is 0 Å². The maximum Gasteiger partial charge on any atom is 0.332 e. The van der Waals surface area contributed by atoms with Gasteiger partial charge in [-0.05, 0) is 31.9 Å². The third kappa shape index (κ3) is 3.08. The van der Waals surface area contributed by atoms with Crippen LogP contribution in [0.2, 0.25) is 0 Å². The maximum atomic E-state index is 10.7. The van der Waals surface area contributed by atoms with Crippen LogP contribution in [0.15, 0.2) is 22.8 Å². The molecule has 17 heavy (non-hydrogen) atoms. The molecule has 0 spiro atoms. The molecule has 1 fully saturated rings. The van der Waals surface area contributed by atoms with Gasteiger partial charge in [-0.15, -0.1) is 0 Å². The lowest BCUT2D eigenvalue weighted by Crippen LogP contribution is -2.30. The van der Waals surface area contributed by atoms with E-state index in [0.717, 1.165) is 12.2 Å². The van der Waals surface area contributed by atoms with Gasteiger partial charge in [0.1, 0.15) is 5.76 Å². The first-order chi connectivity index (χ1) is 8.16. The Kier molecular flexibility index (Phi) is 3.81. The van der Waals surface area contributed by atoms with E-state index in [4.69, 9.17) is 14.3 Å². The van der Waals surface area contributed by atoms with E-state index in [1.165, 1.54) is 0 Å². The molecule has 1 aromatic heterocycles. The molecule has 5 nitrogen and oxygen atoms in total. The minimum Gasteiger partial charge on any atom is -0.479 e. The first-order valence-corrected chi connectivity index (χ1v) is 5.82. The SMILES string of the molecule is C[C@@H](NCC1CCC(C(=O)O)O1)c1ccco1. The van der Waals surface area contributed by atoms with Gasteiger partial charge in [-0.25, -0.2) is 4.79 Å². The number of carboxylic acid groups (broad SMARTS) is 1. The zero-order chi connectivity index (χ0) is 12.3. The number of carboxylic acids is 1. The largest absolute Gasteiger partial charge is 0.479 e. The minimum atomic E-state index is -0.869. The van der Waals surface area contributed by atoms with E-state index in [-0.39, 0.29) is 12.1 Å². The smallest absolute Gasteiger partial charge is 0.332 e. The number of hydrogen-bond donors (Lipinski definition) is 2. The highest BCUT2D eigenvalue weighted by Crippen LogP contribution is 2.20. The molecule has 0 amide bonds. The average molecular weight is 239 g/mol. The van der Waals surface area contributed by atoms with Crippen LogP contribution in [-0.2, 0) is 9.53 Å². The van der Waals surface area contributed by atoms with Gasteiger partial charge in [0.05, 0.1) is 18.4 Å². The van der Waals surface area contributed by atoms with Crippen LogP contribution in [-0.4, -0.2) is 29.8 Å². The summed E-state index contributed by atoms with van der Waals surface area (Å²) in [6, 6.07) is 3.87. The van der Waals surface area contributed by atoms with Crippen LogP contribution in [0.1, 0.15) is 31.6 Å². The Morgan fingerprint density at radius 3 is 3.06 bits per heavy atom. The van der Waals surface area contributed by atoms with Gasteiger partial charge in [0.2, 0.25) is 0 Å². The summed E-state index contributed by atoms with van der Waals surface area (Å²) >= 11 is 0. The lowest BCUT2D eigenvalue weighted by atomic mass is 10.2. The number of carbonyl (C=O) groups is 1. The van der Waals surface area contributed by atoms with Crippen molar-refractivity contribution in [2.75, 3.05) is 6.54 Å². The molecule has 1 aliphatic heterocycles. The molecule has 5 heteroatoms. The summed E-state index contributed by atoms with van der Waals surface area (Å²) in [5.74, 6) is 0.00404. The zero-order valence-corrected chi connectivity index (χ0v) is 9.76. The third-order valence-corrected chi connectivity index (χ3v) is 3.00. The van der Waals surface area contributed by atoms with Gasteiger partial charge < -0.3 is 19.6 Å². The van der Waals surface area contributed by atoms with Crippen molar-refractivity contribution in [2.45, 2.75) is 38.0 Å². The van der Waals surface area contributed by atoms with Crippen molar-refractivity contribution in [3.05, 3.63) is 24.2 Å². The molecule has 0 aliphatic carbocycles. The van der Waals surface area contributed by atoms with E-state index in [9.17, 15) is 4.79 Å². The Morgan fingerprint density at radius 1 is 1.65 bits per heavy atom. The predicted molar refractivity (Wildman–Crippen MR) is 60.7 cm³/mol.